The Bertz CT molecular complexity index is 740. The monoisotopic (exact) mass is 297 g/mol. The van der Waals surface area contributed by atoms with Gasteiger partial charge in [-0.2, -0.15) is 0 Å². The van der Waals surface area contributed by atoms with E-state index >= 15 is 0 Å². The molecule has 2 aromatic heterocycles. The van der Waals surface area contributed by atoms with E-state index in [1.807, 2.05) is 48.7 Å². The molecule has 5 heteroatoms. The molecular formula is C16H15N3OS. The van der Waals surface area contributed by atoms with Crippen LogP contribution in [0.2, 0.25) is 0 Å². The quantitative estimate of drug-likeness (QED) is 0.746. The number of nitrogens with two attached hydrogens (primary N) is 1. The molecule has 0 saturated carbocycles. The molecule has 0 aliphatic heterocycles. The van der Waals surface area contributed by atoms with Crippen LogP contribution in [-0.2, 0) is 6.61 Å². The van der Waals surface area contributed by atoms with Gasteiger partial charge in [-0.05, 0) is 42.8 Å². The maximum absolute atomic E-state index is 5.80. The molecular weight excluding hydrogens is 282 g/mol. The third-order valence-corrected chi connectivity index (χ3v) is 3.92. The van der Waals surface area contributed by atoms with Gasteiger partial charge in [-0.1, -0.05) is 6.07 Å². The SMILES string of the molecule is Cc1cc(N)ccc1OCc1csc(-c2ccccn2)n1. The molecule has 0 spiro atoms. The molecule has 21 heavy (non-hydrogen) atoms. The second-order valence-corrected chi connectivity index (χ2v) is 5.53. The Morgan fingerprint density at radius 2 is 2.14 bits per heavy atom. The number of pyridine rings is 1. The third kappa shape index (κ3) is 3.20. The number of hydrogen-bond donors (Lipinski definition) is 1. The van der Waals surface area contributed by atoms with Crippen molar-refractivity contribution in [3.8, 4) is 16.5 Å². The Kier molecular flexibility index (Phi) is 3.83. The van der Waals surface area contributed by atoms with Crippen LogP contribution in [0.1, 0.15) is 11.3 Å². The molecule has 0 bridgehead atoms. The first-order valence-electron chi connectivity index (χ1n) is 6.57. The van der Waals surface area contributed by atoms with Gasteiger partial charge in [0.2, 0.25) is 0 Å². The van der Waals surface area contributed by atoms with Gasteiger partial charge in [0.15, 0.2) is 0 Å². The number of nitrogens with zero attached hydrogens (tertiary/aromatic N) is 2. The van der Waals surface area contributed by atoms with Gasteiger partial charge in [0.1, 0.15) is 17.4 Å². The van der Waals surface area contributed by atoms with Gasteiger partial charge in [0, 0.05) is 17.3 Å². The van der Waals surface area contributed by atoms with Gasteiger partial charge in [-0.25, -0.2) is 4.98 Å². The highest BCUT2D eigenvalue weighted by molar-refractivity contribution is 7.13. The van der Waals surface area contributed by atoms with Gasteiger partial charge >= 0.3 is 0 Å². The zero-order chi connectivity index (χ0) is 14.7. The van der Waals surface area contributed by atoms with Crippen LogP contribution in [0.5, 0.6) is 5.75 Å². The van der Waals surface area contributed by atoms with Crippen molar-refractivity contribution < 1.29 is 4.74 Å². The molecule has 0 aliphatic rings. The lowest BCUT2D eigenvalue weighted by Gasteiger charge is -2.08. The van der Waals surface area contributed by atoms with E-state index in [2.05, 4.69) is 9.97 Å². The van der Waals surface area contributed by atoms with Gasteiger partial charge < -0.3 is 10.5 Å². The summed E-state index contributed by atoms with van der Waals surface area (Å²) in [5, 5.41) is 2.90. The molecule has 4 nitrogen and oxygen atoms in total. The molecule has 0 atom stereocenters. The van der Waals surface area contributed by atoms with E-state index < -0.39 is 0 Å². The topological polar surface area (TPSA) is 61.0 Å². The Balaban J connectivity index is 1.70. The minimum absolute atomic E-state index is 0.439. The molecule has 106 valence electrons. The fourth-order valence-electron chi connectivity index (χ4n) is 1.97. The molecule has 0 amide bonds. The minimum Gasteiger partial charge on any atom is -0.487 e. The summed E-state index contributed by atoms with van der Waals surface area (Å²) in [6.07, 6.45) is 1.77. The molecule has 0 saturated heterocycles. The van der Waals surface area contributed by atoms with Crippen LogP contribution in [0.15, 0.2) is 48.0 Å². The largest absolute Gasteiger partial charge is 0.487 e. The third-order valence-electron chi connectivity index (χ3n) is 3.01. The van der Waals surface area contributed by atoms with Crippen LogP contribution in [0.25, 0.3) is 10.7 Å². The highest BCUT2D eigenvalue weighted by Crippen LogP contribution is 2.24. The number of ether oxygens (including phenoxy) is 1. The fourth-order valence-corrected chi connectivity index (χ4v) is 2.75. The molecule has 3 rings (SSSR count). The first-order chi connectivity index (χ1) is 10.2. The highest BCUT2D eigenvalue weighted by Gasteiger charge is 2.07. The zero-order valence-electron chi connectivity index (χ0n) is 11.6. The van der Waals surface area contributed by atoms with E-state index in [-0.39, 0.29) is 0 Å². The van der Waals surface area contributed by atoms with Crippen LogP contribution >= 0.6 is 11.3 Å². The van der Waals surface area contributed by atoms with Crippen molar-refractivity contribution in [2.45, 2.75) is 13.5 Å². The lowest BCUT2D eigenvalue weighted by atomic mass is 10.2. The number of benzene rings is 1. The van der Waals surface area contributed by atoms with E-state index in [1.165, 1.54) is 0 Å². The molecule has 1 aromatic carbocycles. The molecule has 2 N–H and O–H groups in total. The van der Waals surface area contributed by atoms with Crippen molar-refractivity contribution in [1.82, 2.24) is 9.97 Å². The molecule has 0 fully saturated rings. The van der Waals surface area contributed by atoms with E-state index in [4.69, 9.17) is 10.5 Å². The smallest absolute Gasteiger partial charge is 0.142 e. The Morgan fingerprint density at radius 3 is 2.90 bits per heavy atom. The van der Waals surface area contributed by atoms with E-state index in [9.17, 15) is 0 Å². The van der Waals surface area contributed by atoms with Crippen LogP contribution in [0, 0.1) is 6.92 Å². The van der Waals surface area contributed by atoms with Gasteiger partial charge in [0.25, 0.3) is 0 Å². The fraction of sp³-hybridized carbons (Fsp3) is 0.125. The summed E-state index contributed by atoms with van der Waals surface area (Å²) in [7, 11) is 0. The van der Waals surface area contributed by atoms with Crippen molar-refractivity contribution in [3.63, 3.8) is 0 Å². The number of anilines is 1. The first-order valence-corrected chi connectivity index (χ1v) is 7.45. The summed E-state index contributed by atoms with van der Waals surface area (Å²) in [4.78, 5) is 8.85. The van der Waals surface area contributed by atoms with Gasteiger partial charge in [-0.3, -0.25) is 4.98 Å². The van der Waals surface area contributed by atoms with Crippen molar-refractivity contribution in [3.05, 3.63) is 59.2 Å². The highest BCUT2D eigenvalue weighted by atomic mass is 32.1. The second-order valence-electron chi connectivity index (χ2n) is 4.67. The number of aromatic nitrogens is 2. The normalized spacial score (nSPS) is 10.5. The number of hydrogen-bond acceptors (Lipinski definition) is 5. The first kappa shape index (κ1) is 13.6. The second kappa shape index (κ2) is 5.93. The summed E-state index contributed by atoms with van der Waals surface area (Å²) < 4.78 is 5.80. The average Bonchev–Trinajstić information content (AvgIpc) is 2.96. The standard InChI is InChI=1S/C16H15N3OS/c1-11-8-12(17)5-6-15(11)20-9-13-10-21-16(19-13)14-4-2-3-7-18-14/h2-8,10H,9,17H2,1H3. The number of rotatable bonds is 4. The number of thiazole rings is 1. The predicted molar refractivity (Wildman–Crippen MR) is 85.3 cm³/mol. The predicted octanol–water partition coefficient (Wildman–Crippen LogP) is 3.67. The lowest BCUT2D eigenvalue weighted by Crippen LogP contribution is -1.98. The van der Waals surface area contributed by atoms with E-state index in [0.717, 1.165) is 33.4 Å². The number of nitrogen functional groups attached to an aromatic ring is 1. The summed E-state index contributed by atoms with van der Waals surface area (Å²) in [6.45, 7) is 2.42. The van der Waals surface area contributed by atoms with E-state index in [1.54, 1.807) is 17.5 Å². The molecule has 0 radical (unpaired) electrons. The average molecular weight is 297 g/mol. The molecule has 0 aliphatic carbocycles. The Hall–Kier alpha value is -2.40. The Labute approximate surface area is 127 Å². The van der Waals surface area contributed by atoms with Gasteiger partial charge in [-0.15, -0.1) is 11.3 Å². The van der Waals surface area contributed by atoms with Gasteiger partial charge in [0.05, 0.1) is 11.4 Å². The summed E-state index contributed by atoms with van der Waals surface area (Å²) in [6, 6.07) is 11.4. The van der Waals surface area contributed by atoms with E-state index in [0.29, 0.717) is 6.61 Å². The number of aryl methyl sites for hydroxylation is 1. The van der Waals surface area contributed by atoms with Crippen LogP contribution in [0.4, 0.5) is 5.69 Å². The molecule has 2 heterocycles. The summed E-state index contributed by atoms with van der Waals surface area (Å²) in [5.74, 6) is 0.830. The van der Waals surface area contributed by atoms with Crippen molar-refractivity contribution in [2.24, 2.45) is 0 Å². The summed E-state index contributed by atoms with van der Waals surface area (Å²) >= 11 is 1.57. The zero-order valence-corrected chi connectivity index (χ0v) is 12.4. The maximum Gasteiger partial charge on any atom is 0.142 e. The van der Waals surface area contributed by atoms with Crippen molar-refractivity contribution in [1.29, 1.82) is 0 Å². The van der Waals surface area contributed by atoms with Crippen molar-refractivity contribution in [2.75, 3.05) is 5.73 Å². The molecule has 0 unspecified atom stereocenters. The van der Waals surface area contributed by atoms with Crippen LogP contribution in [-0.4, -0.2) is 9.97 Å². The molecule has 3 aromatic rings. The maximum atomic E-state index is 5.80. The van der Waals surface area contributed by atoms with Crippen molar-refractivity contribution >= 4 is 17.0 Å². The lowest BCUT2D eigenvalue weighted by molar-refractivity contribution is 0.300. The summed E-state index contributed by atoms with van der Waals surface area (Å²) in [5.41, 5.74) is 9.28. The Morgan fingerprint density at radius 1 is 1.24 bits per heavy atom. The van der Waals surface area contributed by atoms with Crippen LogP contribution in [0.3, 0.4) is 0 Å². The minimum atomic E-state index is 0.439. The van der Waals surface area contributed by atoms with Crippen LogP contribution < -0.4 is 10.5 Å².